The van der Waals surface area contributed by atoms with Crippen LogP contribution in [-0.4, -0.2) is 0 Å². The number of hydrogen-bond acceptors (Lipinski definition) is 4. The lowest BCUT2D eigenvalue weighted by atomic mass is 9.81. The lowest BCUT2D eigenvalue weighted by molar-refractivity contribution is 0.660. The quantitative estimate of drug-likeness (QED) is 0.122. The Morgan fingerprint density at radius 3 is 1.25 bits per heavy atom. The molecule has 12 aromatic rings. The van der Waals surface area contributed by atoms with E-state index in [0.29, 0.717) is 0 Å². The summed E-state index contributed by atoms with van der Waals surface area (Å²) in [4.78, 5) is 9.69. The molecule has 0 atom stereocenters. The first-order valence-corrected chi connectivity index (χ1v) is 25.3. The van der Waals surface area contributed by atoms with Gasteiger partial charge in [-0.1, -0.05) is 178 Å². The van der Waals surface area contributed by atoms with E-state index in [1.54, 1.807) is 0 Å². The molecular formula is C69H48N4. The lowest BCUT2D eigenvalue weighted by Gasteiger charge is -2.40. The van der Waals surface area contributed by atoms with Crippen LogP contribution in [0.1, 0.15) is 36.1 Å². The molecule has 0 spiro atoms. The van der Waals surface area contributed by atoms with Gasteiger partial charge in [0.05, 0.1) is 51.2 Å². The SMILES string of the molecule is CC1(C)c2cc(C=Cc3ccc4ccc5c(N6c7ccccc7N(c7ccccc7)c7ccccc76)ccc6ccc3c4c65)ccc2-c2ccc(N3c4ccccc4N(c4ccccc4)c4ccccc43)cc21. The minimum absolute atomic E-state index is 0.213. The minimum Gasteiger partial charge on any atom is -0.306 e. The van der Waals surface area contributed by atoms with E-state index in [9.17, 15) is 0 Å². The van der Waals surface area contributed by atoms with Crippen molar-refractivity contribution in [1.29, 1.82) is 0 Å². The Kier molecular flexibility index (Phi) is 8.97. The summed E-state index contributed by atoms with van der Waals surface area (Å²) in [5.74, 6) is 0. The van der Waals surface area contributed by atoms with E-state index in [0.717, 1.165) is 62.6 Å². The molecule has 0 unspecified atom stereocenters. The molecule has 1 aliphatic carbocycles. The molecule has 0 radical (unpaired) electrons. The predicted molar refractivity (Wildman–Crippen MR) is 309 cm³/mol. The number of benzene rings is 12. The number of hydrogen-bond donors (Lipinski definition) is 0. The topological polar surface area (TPSA) is 13.0 Å². The highest BCUT2D eigenvalue weighted by Gasteiger charge is 2.38. The van der Waals surface area contributed by atoms with Gasteiger partial charge >= 0.3 is 0 Å². The third kappa shape index (κ3) is 6.14. The Bertz CT molecular complexity index is 4120. The molecule has 12 aromatic carbocycles. The Balaban J connectivity index is 0.789. The van der Waals surface area contributed by atoms with Crippen molar-refractivity contribution < 1.29 is 0 Å². The molecule has 344 valence electrons. The standard InChI is InChI=1S/C69H48N4/c1-69(2)56-43-45(30-38-53(56)54-41-37-51(44-57(54)69)72-61-23-11-9-21-59(61)70(49-17-5-3-6-18-49)60-22-10-12-24-62(60)72)29-31-46-32-33-47-35-40-55-58(42-36-48-34-39-52(46)67(47)68(48)55)73-65-27-15-13-25-63(65)71(50-19-7-4-8-20-50)64-26-14-16-28-66(64)73/h3-44H,1-2H3. The molecule has 73 heavy (non-hydrogen) atoms. The fourth-order valence-electron chi connectivity index (χ4n) is 12.5. The summed E-state index contributed by atoms with van der Waals surface area (Å²) < 4.78 is 0. The number of fused-ring (bicyclic) bond motifs is 7. The molecule has 2 heterocycles. The molecule has 15 rings (SSSR count). The van der Waals surface area contributed by atoms with Crippen molar-refractivity contribution in [2.75, 3.05) is 19.6 Å². The summed E-state index contributed by atoms with van der Waals surface area (Å²) in [7, 11) is 0. The average Bonchev–Trinajstić information content (AvgIpc) is 3.67. The second kappa shape index (κ2) is 15.8. The number of rotatable bonds is 6. The van der Waals surface area contributed by atoms with Crippen LogP contribution in [0.2, 0.25) is 0 Å². The highest BCUT2D eigenvalue weighted by atomic mass is 15.3. The number of nitrogens with zero attached hydrogens (tertiary/aromatic N) is 4. The van der Waals surface area contributed by atoms with Crippen molar-refractivity contribution in [2.24, 2.45) is 0 Å². The van der Waals surface area contributed by atoms with Gasteiger partial charge in [-0.05, 0) is 151 Å². The van der Waals surface area contributed by atoms with E-state index < -0.39 is 0 Å². The molecule has 3 aliphatic rings. The second-order valence-corrected chi connectivity index (χ2v) is 20.1. The maximum absolute atomic E-state index is 2.47. The van der Waals surface area contributed by atoms with Crippen molar-refractivity contribution >= 4 is 113 Å². The number of anilines is 12. The van der Waals surface area contributed by atoms with Gasteiger partial charge in [0.15, 0.2) is 0 Å². The maximum Gasteiger partial charge on any atom is 0.0703 e. The third-order valence-corrected chi connectivity index (χ3v) is 15.8. The van der Waals surface area contributed by atoms with E-state index in [-0.39, 0.29) is 5.41 Å². The summed E-state index contributed by atoms with van der Waals surface area (Å²) in [6, 6.07) is 89.2. The molecular weight excluding hydrogens is 885 g/mol. The van der Waals surface area contributed by atoms with Gasteiger partial charge in [0.2, 0.25) is 0 Å². The van der Waals surface area contributed by atoms with Gasteiger partial charge < -0.3 is 19.6 Å². The Morgan fingerprint density at radius 1 is 0.301 bits per heavy atom. The highest BCUT2D eigenvalue weighted by molar-refractivity contribution is 6.27. The van der Waals surface area contributed by atoms with Crippen LogP contribution in [0.25, 0.3) is 55.6 Å². The molecule has 0 bridgehead atoms. The molecule has 0 amide bonds. The Hall–Kier alpha value is -9.38. The van der Waals surface area contributed by atoms with Crippen LogP contribution in [0, 0.1) is 0 Å². The molecule has 4 heteroatoms. The fourth-order valence-corrected chi connectivity index (χ4v) is 12.5. The Morgan fingerprint density at radius 2 is 0.712 bits per heavy atom. The van der Waals surface area contributed by atoms with Crippen LogP contribution in [0.5, 0.6) is 0 Å². The van der Waals surface area contributed by atoms with E-state index in [2.05, 4.69) is 288 Å². The van der Waals surface area contributed by atoms with Crippen LogP contribution in [0.15, 0.2) is 243 Å². The zero-order valence-electron chi connectivity index (χ0n) is 40.5. The summed E-state index contributed by atoms with van der Waals surface area (Å²) >= 11 is 0. The second-order valence-electron chi connectivity index (χ2n) is 20.1. The minimum atomic E-state index is -0.213. The molecule has 0 N–H and O–H groups in total. The zero-order chi connectivity index (χ0) is 48.4. The normalized spacial score (nSPS) is 14.1. The summed E-state index contributed by atoms with van der Waals surface area (Å²) in [5.41, 5.74) is 21.4. The predicted octanol–water partition coefficient (Wildman–Crippen LogP) is 19.6. The Labute approximate surface area is 425 Å². The van der Waals surface area contributed by atoms with Crippen molar-refractivity contribution in [3.8, 4) is 11.1 Å². The molecule has 2 aliphatic heterocycles. The van der Waals surface area contributed by atoms with Crippen LogP contribution in [0.3, 0.4) is 0 Å². The van der Waals surface area contributed by atoms with Crippen LogP contribution in [0.4, 0.5) is 68.2 Å². The number of para-hydroxylation sites is 10. The van der Waals surface area contributed by atoms with E-state index in [1.165, 1.54) is 71.4 Å². The zero-order valence-corrected chi connectivity index (χ0v) is 40.5. The van der Waals surface area contributed by atoms with Crippen molar-refractivity contribution in [2.45, 2.75) is 19.3 Å². The maximum atomic E-state index is 2.47. The smallest absolute Gasteiger partial charge is 0.0703 e. The van der Waals surface area contributed by atoms with E-state index in [4.69, 9.17) is 0 Å². The van der Waals surface area contributed by atoms with Crippen molar-refractivity contribution in [3.63, 3.8) is 0 Å². The van der Waals surface area contributed by atoms with Crippen molar-refractivity contribution in [3.05, 3.63) is 265 Å². The summed E-state index contributed by atoms with van der Waals surface area (Å²) in [6.45, 7) is 4.78. The first-order chi connectivity index (χ1) is 36.0. The van der Waals surface area contributed by atoms with Crippen LogP contribution < -0.4 is 19.6 Å². The van der Waals surface area contributed by atoms with Gasteiger partial charge in [-0.3, -0.25) is 0 Å². The van der Waals surface area contributed by atoms with Gasteiger partial charge in [0.1, 0.15) is 0 Å². The first-order valence-electron chi connectivity index (χ1n) is 25.3. The van der Waals surface area contributed by atoms with Crippen LogP contribution >= 0.6 is 0 Å². The first kappa shape index (κ1) is 41.4. The van der Waals surface area contributed by atoms with Gasteiger partial charge in [-0.15, -0.1) is 0 Å². The highest BCUT2D eigenvalue weighted by Crippen LogP contribution is 2.58. The van der Waals surface area contributed by atoms with Crippen molar-refractivity contribution in [1.82, 2.24) is 0 Å². The molecule has 0 fully saturated rings. The van der Waals surface area contributed by atoms with Crippen LogP contribution in [-0.2, 0) is 5.41 Å². The molecule has 0 aromatic heterocycles. The largest absolute Gasteiger partial charge is 0.306 e. The van der Waals surface area contributed by atoms with Gasteiger partial charge in [-0.2, -0.15) is 0 Å². The average molecular weight is 933 g/mol. The molecule has 4 nitrogen and oxygen atoms in total. The summed E-state index contributed by atoms with van der Waals surface area (Å²) in [5, 5.41) is 7.59. The fraction of sp³-hybridized carbons (Fsp3) is 0.0435. The van der Waals surface area contributed by atoms with Gasteiger partial charge in [0.25, 0.3) is 0 Å². The van der Waals surface area contributed by atoms with Gasteiger partial charge in [0, 0.05) is 27.9 Å². The third-order valence-electron chi connectivity index (χ3n) is 15.8. The summed E-state index contributed by atoms with van der Waals surface area (Å²) in [6.07, 6.45) is 4.63. The van der Waals surface area contributed by atoms with E-state index in [1.807, 2.05) is 0 Å². The van der Waals surface area contributed by atoms with Gasteiger partial charge in [-0.25, -0.2) is 0 Å². The van der Waals surface area contributed by atoms with E-state index >= 15 is 0 Å². The lowest BCUT2D eigenvalue weighted by Crippen LogP contribution is -2.24. The molecule has 0 saturated carbocycles. The molecule has 0 saturated heterocycles. The monoisotopic (exact) mass is 932 g/mol.